The minimum atomic E-state index is -0.699. The van der Waals surface area contributed by atoms with E-state index in [0.29, 0.717) is 6.29 Å². The normalized spacial score (nSPS) is 10.3. The van der Waals surface area contributed by atoms with E-state index in [4.69, 9.17) is 16.3 Å². The van der Waals surface area contributed by atoms with Crippen molar-refractivity contribution in [3.05, 3.63) is 64.2 Å². The monoisotopic (exact) mass is 282 g/mol. The molecule has 0 unspecified atom stereocenters. The highest BCUT2D eigenvalue weighted by Crippen LogP contribution is 2.25. The standard InChI is InChI=1S/C14H9ClF2O2/c15-12-2-1-3-14(11(12)7-18)19-8-9-4-5-10(16)6-13(9)17/h1-7H,8H2. The number of hydrogen-bond donors (Lipinski definition) is 0. The van der Waals surface area contributed by atoms with Gasteiger partial charge < -0.3 is 4.74 Å². The minimum Gasteiger partial charge on any atom is -0.488 e. The Morgan fingerprint density at radius 3 is 2.68 bits per heavy atom. The zero-order chi connectivity index (χ0) is 13.8. The lowest BCUT2D eigenvalue weighted by Crippen LogP contribution is -2.01. The summed E-state index contributed by atoms with van der Waals surface area (Å²) in [5.41, 5.74) is 0.393. The Kier molecular flexibility index (Phi) is 4.12. The van der Waals surface area contributed by atoms with Gasteiger partial charge in [0.15, 0.2) is 6.29 Å². The van der Waals surface area contributed by atoms with E-state index < -0.39 is 11.6 Å². The van der Waals surface area contributed by atoms with E-state index in [1.54, 1.807) is 18.2 Å². The summed E-state index contributed by atoms with van der Waals surface area (Å²) >= 11 is 5.83. The van der Waals surface area contributed by atoms with Gasteiger partial charge in [0.25, 0.3) is 0 Å². The van der Waals surface area contributed by atoms with Crippen LogP contribution >= 0.6 is 11.6 Å². The zero-order valence-corrected chi connectivity index (χ0v) is 10.5. The Balaban J connectivity index is 2.19. The van der Waals surface area contributed by atoms with Crippen molar-refractivity contribution in [2.24, 2.45) is 0 Å². The second kappa shape index (κ2) is 5.80. The van der Waals surface area contributed by atoms with Crippen LogP contribution in [0.3, 0.4) is 0 Å². The van der Waals surface area contributed by atoms with E-state index in [0.717, 1.165) is 12.1 Å². The van der Waals surface area contributed by atoms with Crippen LogP contribution in [0.25, 0.3) is 0 Å². The average Bonchev–Trinajstić information content (AvgIpc) is 2.38. The Labute approximate surface area is 113 Å². The van der Waals surface area contributed by atoms with Crippen molar-refractivity contribution in [3.63, 3.8) is 0 Å². The molecule has 2 rings (SSSR count). The van der Waals surface area contributed by atoms with Crippen LogP contribution in [-0.4, -0.2) is 6.29 Å². The predicted molar refractivity (Wildman–Crippen MR) is 67.5 cm³/mol. The van der Waals surface area contributed by atoms with Crippen LogP contribution in [0.4, 0.5) is 8.78 Å². The SMILES string of the molecule is O=Cc1c(Cl)cccc1OCc1ccc(F)cc1F. The molecule has 0 bridgehead atoms. The Morgan fingerprint density at radius 2 is 2.00 bits per heavy atom. The highest BCUT2D eigenvalue weighted by atomic mass is 35.5. The number of rotatable bonds is 4. The topological polar surface area (TPSA) is 26.3 Å². The van der Waals surface area contributed by atoms with Crippen molar-refractivity contribution in [1.82, 2.24) is 0 Å². The molecule has 0 N–H and O–H groups in total. The minimum absolute atomic E-state index is 0.118. The van der Waals surface area contributed by atoms with Gasteiger partial charge in [0.2, 0.25) is 0 Å². The predicted octanol–water partition coefficient (Wildman–Crippen LogP) is 4.01. The Hall–Kier alpha value is -1.94. The van der Waals surface area contributed by atoms with Crippen LogP contribution in [0.5, 0.6) is 5.75 Å². The van der Waals surface area contributed by atoms with E-state index in [1.807, 2.05) is 0 Å². The molecule has 0 heterocycles. The third-order valence-electron chi connectivity index (χ3n) is 2.53. The van der Waals surface area contributed by atoms with E-state index in [1.165, 1.54) is 6.07 Å². The molecule has 5 heteroatoms. The molecule has 0 saturated heterocycles. The number of benzene rings is 2. The molecular weight excluding hydrogens is 274 g/mol. The maximum absolute atomic E-state index is 13.4. The molecule has 0 aliphatic heterocycles. The van der Waals surface area contributed by atoms with Crippen LogP contribution in [0.1, 0.15) is 15.9 Å². The van der Waals surface area contributed by atoms with E-state index >= 15 is 0 Å². The molecule has 0 atom stereocenters. The summed E-state index contributed by atoms with van der Waals surface area (Å²) in [6.45, 7) is -0.118. The zero-order valence-electron chi connectivity index (χ0n) is 9.70. The number of halogens is 3. The molecule has 0 radical (unpaired) electrons. The summed E-state index contributed by atoms with van der Waals surface area (Å²) in [6, 6.07) is 7.92. The molecule has 0 fully saturated rings. The van der Waals surface area contributed by atoms with Crippen LogP contribution in [-0.2, 0) is 6.61 Å². The van der Waals surface area contributed by atoms with E-state index in [2.05, 4.69) is 0 Å². The fraction of sp³-hybridized carbons (Fsp3) is 0.0714. The summed E-state index contributed by atoms with van der Waals surface area (Å²) in [5, 5.41) is 0.257. The van der Waals surface area contributed by atoms with Gasteiger partial charge in [0, 0.05) is 11.6 Å². The van der Waals surface area contributed by atoms with Crippen LogP contribution in [0, 0.1) is 11.6 Å². The van der Waals surface area contributed by atoms with Gasteiger partial charge in [-0.25, -0.2) is 8.78 Å². The summed E-state index contributed by atoms with van der Waals surface area (Å²) in [4.78, 5) is 10.9. The summed E-state index contributed by atoms with van der Waals surface area (Å²) in [5.74, 6) is -1.10. The number of carbonyl (C=O) groups is 1. The first-order valence-corrected chi connectivity index (χ1v) is 5.80. The van der Waals surface area contributed by atoms with Gasteiger partial charge >= 0.3 is 0 Å². The molecule has 0 spiro atoms. The highest BCUT2D eigenvalue weighted by Gasteiger charge is 2.09. The maximum Gasteiger partial charge on any atom is 0.155 e. The van der Waals surface area contributed by atoms with Crippen LogP contribution in [0.2, 0.25) is 5.02 Å². The lowest BCUT2D eigenvalue weighted by molar-refractivity contribution is 0.111. The van der Waals surface area contributed by atoms with Crippen molar-refractivity contribution in [3.8, 4) is 5.75 Å². The fourth-order valence-corrected chi connectivity index (χ4v) is 1.76. The second-order valence-corrected chi connectivity index (χ2v) is 4.20. The third kappa shape index (κ3) is 3.09. The maximum atomic E-state index is 13.4. The lowest BCUT2D eigenvalue weighted by atomic mass is 10.2. The third-order valence-corrected chi connectivity index (χ3v) is 2.86. The summed E-state index contributed by atoms with van der Waals surface area (Å²) < 4.78 is 31.5. The molecule has 2 aromatic carbocycles. The summed E-state index contributed by atoms with van der Waals surface area (Å²) in [7, 11) is 0. The first-order chi connectivity index (χ1) is 9.11. The van der Waals surface area contributed by atoms with Crippen LogP contribution < -0.4 is 4.74 Å². The van der Waals surface area contributed by atoms with Crippen molar-refractivity contribution < 1.29 is 18.3 Å². The fourth-order valence-electron chi connectivity index (χ4n) is 1.55. The van der Waals surface area contributed by atoms with E-state index in [-0.39, 0.29) is 28.5 Å². The number of aldehydes is 1. The quantitative estimate of drug-likeness (QED) is 0.792. The van der Waals surface area contributed by atoms with Gasteiger partial charge in [-0.15, -0.1) is 0 Å². The van der Waals surface area contributed by atoms with Gasteiger partial charge in [0.05, 0.1) is 10.6 Å². The van der Waals surface area contributed by atoms with Gasteiger partial charge in [-0.3, -0.25) is 4.79 Å². The van der Waals surface area contributed by atoms with Crippen molar-refractivity contribution in [1.29, 1.82) is 0 Å². The summed E-state index contributed by atoms with van der Waals surface area (Å²) in [6.07, 6.45) is 0.568. The van der Waals surface area contributed by atoms with Crippen molar-refractivity contribution >= 4 is 17.9 Å². The van der Waals surface area contributed by atoms with Gasteiger partial charge in [0.1, 0.15) is 24.0 Å². The molecule has 2 aromatic rings. The largest absolute Gasteiger partial charge is 0.488 e. The van der Waals surface area contributed by atoms with E-state index in [9.17, 15) is 13.6 Å². The van der Waals surface area contributed by atoms with Crippen molar-refractivity contribution in [2.75, 3.05) is 0 Å². The molecule has 2 nitrogen and oxygen atoms in total. The lowest BCUT2D eigenvalue weighted by Gasteiger charge is -2.10. The molecule has 0 saturated carbocycles. The molecule has 98 valence electrons. The average molecular weight is 283 g/mol. The number of ether oxygens (including phenoxy) is 1. The number of carbonyl (C=O) groups excluding carboxylic acids is 1. The molecule has 0 amide bonds. The molecule has 0 aliphatic rings. The smallest absolute Gasteiger partial charge is 0.155 e. The first-order valence-electron chi connectivity index (χ1n) is 5.42. The first kappa shape index (κ1) is 13.5. The molecule has 19 heavy (non-hydrogen) atoms. The van der Waals surface area contributed by atoms with Crippen molar-refractivity contribution in [2.45, 2.75) is 6.61 Å². The van der Waals surface area contributed by atoms with Crippen LogP contribution in [0.15, 0.2) is 36.4 Å². The molecular formula is C14H9ClF2O2. The molecule has 0 aromatic heterocycles. The highest BCUT2D eigenvalue weighted by molar-refractivity contribution is 6.33. The number of hydrogen-bond acceptors (Lipinski definition) is 2. The van der Waals surface area contributed by atoms with Gasteiger partial charge in [-0.1, -0.05) is 17.7 Å². The Morgan fingerprint density at radius 1 is 1.21 bits per heavy atom. The Bertz CT molecular complexity index is 614. The molecule has 0 aliphatic carbocycles. The second-order valence-electron chi connectivity index (χ2n) is 3.79. The van der Waals surface area contributed by atoms with Gasteiger partial charge in [-0.2, -0.15) is 0 Å². The van der Waals surface area contributed by atoms with Gasteiger partial charge in [-0.05, 0) is 24.3 Å².